The molecule has 0 aliphatic heterocycles. The van der Waals surface area contributed by atoms with Crippen molar-refractivity contribution < 1.29 is 24.0 Å². The lowest BCUT2D eigenvalue weighted by atomic mass is 10.1. The van der Waals surface area contributed by atoms with Gasteiger partial charge in [0.1, 0.15) is 0 Å². The maximum atomic E-state index is 13.3. The summed E-state index contributed by atoms with van der Waals surface area (Å²) in [5, 5.41) is 21.3. The molecule has 1 aromatic carbocycles. The molecule has 1 atom stereocenters. The zero-order chi connectivity index (χ0) is 14.6. The fourth-order valence-electron chi connectivity index (χ4n) is 1.42. The summed E-state index contributed by atoms with van der Waals surface area (Å²) >= 11 is 0. The van der Waals surface area contributed by atoms with Gasteiger partial charge in [0, 0.05) is 17.7 Å². The first-order chi connectivity index (χ1) is 8.81. The lowest BCUT2D eigenvalue weighted by molar-refractivity contribution is -0.387. The van der Waals surface area contributed by atoms with Gasteiger partial charge in [0.15, 0.2) is 0 Å². The second-order valence-corrected chi connectivity index (χ2v) is 3.90. The minimum Gasteiger partial charge on any atom is -0.481 e. The molecular weight excluding hydrogens is 259 g/mol. The van der Waals surface area contributed by atoms with Crippen molar-refractivity contribution in [2.24, 2.45) is 0 Å². The summed E-state index contributed by atoms with van der Waals surface area (Å²) in [4.78, 5) is 31.5. The fraction of sp³-hybridized carbons (Fsp3) is 0.273. The molecule has 0 aliphatic carbocycles. The zero-order valence-corrected chi connectivity index (χ0v) is 9.92. The van der Waals surface area contributed by atoms with Crippen LogP contribution in [0, 0.1) is 15.9 Å². The Kier molecular flexibility index (Phi) is 4.51. The maximum absolute atomic E-state index is 13.3. The Hall–Kier alpha value is -2.51. The SMILES string of the molecule is CC(CC(=O)O)NC(=O)c1ccc([N+](=O)[O-])c(F)c1. The normalized spacial score (nSPS) is 11.7. The van der Waals surface area contributed by atoms with E-state index >= 15 is 0 Å². The first kappa shape index (κ1) is 14.6. The molecule has 0 bridgehead atoms. The Morgan fingerprint density at radius 2 is 2.16 bits per heavy atom. The standard InChI is InChI=1S/C11H11FN2O5/c1-6(4-10(15)16)13-11(17)7-2-3-9(14(18)19)8(12)5-7/h2-3,5-6H,4H2,1H3,(H,13,17)(H,15,16). The highest BCUT2D eigenvalue weighted by molar-refractivity contribution is 5.94. The molecule has 2 N–H and O–H groups in total. The first-order valence-electron chi connectivity index (χ1n) is 5.28. The second-order valence-electron chi connectivity index (χ2n) is 3.90. The first-order valence-corrected chi connectivity index (χ1v) is 5.28. The summed E-state index contributed by atoms with van der Waals surface area (Å²) < 4.78 is 13.3. The summed E-state index contributed by atoms with van der Waals surface area (Å²) in [5.41, 5.74) is -0.838. The monoisotopic (exact) mass is 270 g/mol. The Morgan fingerprint density at radius 3 is 2.63 bits per heavy atom. The maximum Gasteiger partial charge on any atom is 0.305 e. The number of nitro groups is 1. The van der Waals surface area contributed by atoms with Crippen LogP contribution in [0.15, 0.2) is 18.2 Å². The highest BCUT2D eigenvalue weighted by Gasteiger charge is 2.18. The van der Waals surface area contributed by atoms with Crippen molar-refractivity contribution in [3.05, 3.63) is 39.7 Å². The van der Waals surface area contributed by atoms with E-state index in [2.05, 4.69) is 5.32 Å². The van der Waals surface area contributed by atoms with Gasteiger partial charge in [-0.1, -0.05) is 0 Å². The number of halogens is 1. The number of nitro benzene ring substituents is 1. The van der Waals surface area contributed by atoms with E-state index in [4.69, 9.17) is 5.11 Å². The van der Waals surface area contributed by atoms with Crippen molar-refractivity contribution in [2.45, 2.75) is 19.4 Å². The number of carboxylic acids is 1. The third-order valence-corrected chi connectivity index (χ3v) is 2.26. The van der Waals surface area contributed by atoms with Gasteiger partial charge in [-0.05, 0) is 19.1 Å². The average Bonchev–Trinajstić information content (AvgIpc) is 2.26. The van der Waals surface area contributed by atoms with Crippen LogP contribution >= 0.6 is 0 Å². The number of nitrogens with one attached hydrogen (secondary N) is 1. The summed E-state index contributed by atoms with van der Waals surface area (Å²) in [6.45, 7) is 1.48. The van der Waals surface area contributed by atoms with Gasteiger partial charge in [-0.25, -0.2) is 0 Å². The Balaban J connectivity index is 2.81. The highest BCUT2D eigenvalue weighted by atomic mass is 19.1. The minimum absolute atomic E-state index is 0.111. The molecule has 7 nitrogen and oxygen atoms in total. The van der Waals surface area contributed by atoms with Crippen LogP contribution in [0.25, 0.3) is 0 Å². The van der Waals surface area contributed by atoms with Gasteiger partial charge in [0.2, 0.25) is 5.82 Å². The molecule has 0 fully saturated rings. The van der Waals surface area contributed by atoms with E-state index in [0.29, 0.717) is 0 Å². The van der Waals surface area contributed by atoms with Gasteiger partial charge < -0.3 is 10.4 Å². The molecule has 0 spiro atoms. The number of benzene rings is 1. The van der Waals surface area contributed by atoms with Gasteiger partial charge >= 0.3 is 11.7 Å². The number of carbonyl (C=O) groups excluding carboxylic acids is 1. The van der Waals surface area contributed by atoms with E-state index in [0.717, 1.165) is 18.2 Å². The molecule has 0 aromatic heterocycles. The summed E-state index contributed by atoms with van der Waals surface area (Å²) in [7, 11) is 0. The number of hydrogen-bond donors (Lipinski definition) is 2. The highest BCUT2D eigenvalue weighted by Crippen LogP contribution is 2.18. The summed E-state index contributed by atoms with van der Waals surface area (Å²) in [6, 6.07) is 2.08. The average molecular weight is 270 g/mol. The van der Waals surface area contributed by atoms with E-state index in [-0.39, 0.29) is 12.0 Å². The van der Waals surface area contributed by atoms with Crippen LogP contribution in [-0.4, -0.2) is 27.9 Å². The van der Waals surface area contributed by atoms with E-state index in [9.17, 15) is 24.1 Å². The molecule has 1 amide bonds. The van der Waals surface area contributed by atoms with Crippen molar-refractivity contribution in [1.82, 2.24) is 5.32 Å². The lowest BCUT2D eigenvalue weighted by Gasteiger charge is -2.11. The molecule has 0 heterocycles. The molecule has 0 radical (unpaired) electrons. The van der Waals surface area contributed by atoms with E-state index in [1.54, 1.807) is 0 Å². The Bertz CT molecular complexity index is 532. The Morgan fingerprint density at radius 1 is 1.53 bits per heavy atom. The molecule has 1 rings (SSSR count). The van der Waals surface area contributed by atoms with Crippen LogP contribution in [0.2, 0.25) is 0 Å². The van der Waals surface area contributed by atoms with Crippen LogP contribution in [0.4, 0.5) is 10.1 Å². The van der Waals surface area contributed by atoms with Crippen LogP contribution in [0.3, 0.4) is 0 Å². The summed E-state index contributed by atoms with van der Waals surface area (Å²) in [5.74, 6) is -2.89. The molecule has 1 aromatic rings. The largest absolute Gasteiger partial charge is 0.481 e. The van der Waals surface area contributed by atoms with Crippen LogP contribution in [0.1, 0.15) is 23.7 Å². The van der Waals surface area contributed by atoms with Crippen molar-refractivity contribution in [3.63, 3.8) is 0 Å². The zero-order valence-electron chi connectivity index (χ0n) is 9.92. The van der Waals surface area contributed by atoms with Gasteiger partial charge in [0.25, 0.3) is 5.91 Å². The third kappa shape index (κ3) is 4.02. The predicted molar refractivity (Wildman–Crippen MR) is 62.2 cm³/mol. The van der Waals surface area contributed by atoms with Gasteiger partial charge in [-0.2, -0.15) is 4.39 Å². The molecular formula is C11H11FN2O5. The predicted octanol–water partition coefficient (Wildman–Crippen LogP) is 1.33. The van der Waals surface area contributed by atoms with Crippen LogP contribution < -0.4 is 5.32 Å². The van der Waals surface area contributed by atoms with Gasteiger partial charge in [-0.3, -0.25) is 19.7 Å². The van der Waals surface area contributed by atoms with E-state index < -0.39 is 34.3 Å². The van der Waals surface area contributed by atoms with E-state index in [1.165, 1.54) is 6.92 Å². The van der Waals surface area contributed by atoms with Crippen molar-refractivity contribution >= 4 is 17.6 Å². The van der Waals surface area contributed by atoms with Gasteiger partial charge in [0.05, 0.1) is 11.3 Å². The molecule has 19 heavy (non-hydrogen) atoms. The molecule has 102 valence electrons. The number of hydrogen-bond acceptors (Lipinski definition) is 4. The van der Waals surface area contributed by atoms with Crippen LogP contribution in [-0.2, 0) is 4.79 Å². The number of carbonyl (C=O) groups is 2. The quantitative estimate of drug-likeness (QED) is 0.619. The number of rotatable bonds is 5. The van der Waals surface area contributed by atoms with Gasteiger partial charge in [-0.15, -0.1) is 0 Å². The molecule has 0 saturated heterocycles. The van der Waals surface area contributed by atoms with Crippen molar-refractivity contribution in [3.8, 4) is 0 Å². The fourth-order valence-corrected chi connectivity index (χ4v) is 1.42. The smallest absolute Gasteiger partial charge is 0.305 e. The third-order valence-electron chi connectivity index (χ3n) is 2.26. The van der Waals surface area contributed by atoms with E-state index in [1.807, 2.05) is 0 Å². The molecule has 1 unspecified atom stereocenters. The molecule has 0 saturated carbocycles. The second kappa shape index (κ2) is 5.89. The Labute approximate surface area is 107 Å². The number of amides is 1. The van der Waals surface area contributed by atoms with Crippen LogP contribution in [0.5, 0.6) is 0 Å². The lowest BCUT2D eigenvalue weighted by Crippen LogP contribution is -2.34. The molecule has 8 heteroatoms. The minimum atomic E-state index is -1.12. The number of aliphatic carboxylic acids is 1. The van der Waals surface area contributed by atoms with Crippen molar-refractivity contribution in [1.29, 1.82) is 0 Å². The van der Waals surface area contributed by atoms with Crippen molar-refractivity contribution in [2.75, 3.05) is 0 Å². The number of nitrogens with zero attached hydrogens (tertiary/aromatic N) is 1. The topological polar surface area (TPSA) is 110 Å². The summed E-state index contributed by atoms with van der Waals surface area (Å²) in [6.07, 6.45) is -0.277. The molecule has 0 aliphatic rings. The number of carboxylic acid groups (broad SMARTS) is 1.